The normalized spacial score (nSPS) is 12.0. The Morgan fingerprint density at radius 1 is 0.404 bits per heavy atom. The maximum atomic E-state index is 13.1. The van der Waals surface area contributed by atoms with Gasteiger partial charge in [-0.2, -0.15) is 16.8 Å². The minimum absolute atomic E-state index is 0.0680. The van der Waals surface area contributed by atoms with Crippen molar-refractivity contribution in [1.82, 2.24) is 0 Å². The zero-order valence-electron chi connectivity index (χ0n) is 25.8. The molecule has 8 heteroatoms. The molecular weight excluding hydrogens is 629 g/mol. The predicted molar refractivity (Wildman–Crippen MR) is 183 cm³/mol. The van der Waals surface area contributed by atoms with E-state index in [0.29, 0.717) is 11.1 Å². The zero-order valence-corrected chi connectivity index (χ0v) is 27.4. The van der Waals surface area contributed by atoms with E-state index in [1.807, 2.05) is 98.8 Å². The van der Waals surface area contributed by atoms with Crippen molar-refractivity contribution < 1.29 is 25.2 Å². The van der Waals surface area contributed by atoms with Crippen LogP contribution in [0.3, 0.4) is 0 Å². The van der Waals surface area contributed by atoms with Crippen LogP contribution in [0, 0.1) is 13.8 Å². The van der Waals surface area contributed by atoms with Crippen molar-refractivity contribution >= 4 is 20.2 Å². The van der Waals surface area contributed by atoms with Gasteiger partial charge in [-0.3, -0.25) is 0 Å². The molecule has 6 rings (SSSR count). The molecule has 0 N–H and O–H groups in total. The summed E-state index contributed by atoms with van der Waals surface area (Å²) in [6, 6.07) is 47.1. The third kappa shape index (κ3) is 6.30. The summed E-state index contributed by atoms with van der Waals surface area (Å²) in [5, 5.41) is 0. The highest BCUT2D eigenvalue weighted by molar-refractivity contribution is 7.87. The van der Waals surface area contributed by atoms with E-state index in [1.54, 1.807) is 48.5 Å². The second kappa shape index (κ2) is 12.9. The van der Waals surface area contributed by atoms with Gasteiger partial charge in [0.25, 0.3) is 0 Å². The van der Waals surface area contributed by atoms with E-state index in [2.05, 4.69) is 0 Å². The lowest BCUT2D eigenvalue weighted by Gasteiger charge is -2.37. The minimum atomic E-state index is -4.05. The van der Waals surface area contributed by atoms with Crippen molar-refractivity contribution in [2.45, 2.75) is 29.1 Å². The topological polar surface area (TPSA) is 86.7 Å². The van der Waals surface area contributed by atoms with Gasteiger partial charge in [0, 0.05) is 0 Å². The van der Waals surface area contributed by atoms with Gasteiger partial charge >= 0.3 is 20.2 Å². The van der Waals surface area contributed by atoms with Crippen LogP contribution < -0.4 is 8.37 Å². The molecule has 6 aromatic carbocycles. The summed E-state index contributed by atoms with van der Waals surface area (Å²) in [6.45, 7) is 3.63. The number of aryl methyl sites for hydroxylation is 2. The molecule has 0 aromatic heterocycles. The molecule has 0 amide bonds. The number of hydrogen-bond acceptors (Lipinski definition) is 6. The average molecular weight is 661 g/mol. The van der Waals surface area contributed by atoms with Gasteiger partial charge in [0.15, 0.2) is 0 Å². The van der Waals surface area contributed by atoms with Crippen molar-refractivity contribution in [3.63, 3.8) is 0 Å². The van der Waals surface area contributed by atoms with Gasteiger partial charge < -0.3 is 8.37 Å². The molecule has 6 nitrogen and oxygen atoms in total. The summed E-state index contributed by atoms with van der Waals surface area (Å²) < 4.78 is 63.6. The first kappa shape index (κ1) is 31.8. The summed E-state index contributed by atoms with van der Waals surface area (Å²) in [7, 11) is -8.10. The number of rotatable bonds is 10. The Hall–Kier alpha value is -5.18. The molecule has 0 aliphatic carbocycles. The van der Waals surface area contributed by atoms with Crippen LogP contribution in [-0.4, -0.2) is 16.8 Å². The first-order chi connectivity index (χ1) is 22.6. The van der Waals surface area contributed by atoms with Crippen molar-refractivity contribution in [1.29, 1.82) is 0 Å². The van der Waals surface area contributed by atoms with E-state index < -0.39 is 25.7 Å². The quantitative estimate of drug-likeness (QED) is 0.109. The maximum absolute atomic E-state index is 13.1. The molecule has 0 aliphatic rings. The fraction of sp³-hybridized carbons (Fsp3) is 0.0769. The summed E-state index contributed by atoms with van der Waals surface area (Å²) in [5.74, 6) is 0.442. The first-order valence-corrected chi connectivity index (χ1v) is 17.8. The van der Waals surface area contributed by atoms with Gasteiger partial charge in [-0.25, -0.2) is 0 Å². The Morgan fingerprint density at radius 3 is 1.04 bits per heavy atom. The second-order valence-electron chi connectivity index (χ2n) is 11.1. The van der Waals surface area contributed by atoms with E-state index >= 15 is 0 Å². The van der Waals surface area contributed by atoms with Crippen LogP contribution in [0.4, 0.5) is 0 Å². The molecule has 0 radical (unpaired) electrons. The Balaban J connectivity index is 1.51. The fourth-order valence-electron chi connectivity index (χ4n) is 5.84. The van der Waals surface area contributed by atoms with Gasteiger partial charge in [-0.05, 0) is 83.6 Å². The third-order valence-electron chi connectivity index (χ3n) is 8.09. The van der Waals surface area contributed by atoms with Gasteiger partial charge in [0.2, 0.25) is 0 Å². The summed E-state index contributed by atoms with van der Waals surface area (Å²) in [4.78, 5) is 0.136. The van der Waals surface area contributed by atoms with Crippen LogP contribution >= 0.6 is 0 Å². The first-order valence-electron chi connectivity index (χ1n) is 14.9. The van der Waals surface area contributed by atoms with Crippen molar-refractivity contribution in [3.05, 3.63) is 191 Å². The van der Waals surface area contributed by atoms with E-state index in [-0.39, 0.29) is 21.3 Å². The molecule has 0 saturated carbocycles. The summed E-state index contributed by atoms with van der Waals surface area (Å²) in [5.41, 5.74) is 4.02. The second-order valence-corrected chi connectivity index (χ2v) is 14.2. The van der Waals surface area contributed by atoms with Crippen LogP contribution in [0.2, 0.25) is 0 Å². The fourth-order valence-corrected chi connectivity index (χ4v) is 7.86. The van der Waals surface area contributed by atoms with Crippen LogP contribution in [0.15, 0.2) is 168 Å². The SMILES string of the molecule is Cc1cc(C(c2ccccc2)(c2ccccc2)c2ccc(OS(=O)(=O)c3ccccc3)c(C)c2)ccc1OS(=O)(=O)c1ccccc1. The van der Waals surface area contributed by atoms with Crippen LogP contribution in [0.1, 0.15) is 33.4 Å². The van der Waals surface area contributed by atoms with E-state index in [1.165, 1.54) is 24.3 Å². The lowest BCUT2D eigenvalue weighted by atomic mass is 9.64. The van der Waals surface area contributed by atoms with Gasteiger partial charge in [-0.1, -0.05) is 121 Å². The van der Waals surface area contributed by atoms with E-state index in [0.717, 1.165) is 22.3 Å². The molecule has 0 unspecified atom stereocenters. The van der Waals surface area contributed by atoms with Crippen LogP contribution in [-0.2, 0) is 25.7 Å². The van der Waals surface area contributed by atoms with E-state index in [9.17, 15) is 16.8 Å². The highest BCUT2D eigenvalue weighted by Gasteiger charge is 2.39. The van der Waals surface area contributed by atoms with Crippen molar-refractivity contribution in [2.24, 2.45) is 0 Å². The third-order valence-corrected chi connectivity index (χ3v) is 10.6. The van der Waals surface area contributed by atoms with E-state index in [4.69, 9.17) is 8.37 Å². The molecule has 0 fully saturated rings. The Bertz CT molecular complexity index is 2060. The minimum Gasteiger partial charge on any atom is -0.379 e. The highest BCUT2D eigenvalue weighted by Crippen LogP contribution is 2.47. The summed E-state index contributed by atoms with van der Waals surface area (Å²) in [6.07, 6.45) is 0. The largest absolute Gasteiger partial charge is 0.379 e. The van der Waals surface area contributed by atoms with Crippen molar-refractivity contribution in [2.75, 3.05) is 0 Å². The molecule has 6 aromatic rings. The molecule has 0 bridgehead atoms. The monoisotopic (exact) mass is 660 g/mol. The number of benzene rings is 6. The smallest absolute Gasteiger partial charge is 0.339 e. The molecule has 0 spiro atoms. The average Bonchev–Trinajstić information content (AvgIpc) is 3.09. The zero-order chi connectivity index (χ0) is 33.1. The van der Waals surface area contributed by atoms with Crippen molar-refractivity contribution in [3.8, 4) is 11.5 Å². The standard InChI is InChI=1S/C39H32O6S2/c1-29-27-33(23-25-37(29)44-46(40,41)35-19-11-5-12-20-35)39(31-15-7-3-8-16-31,32-17-9-4-10-18-32)34-24-26-38(30(2)28-34)45-47(42,43)36-21-13-6-14-22-36/h3-28H,1-2H3. The lowest BCUT2D eigenvalue weighted by molar-refractivity contribution is 0.482. The molecule has 0 heterocycles. The van der Waals surface area contributed by atoms with Gasteiger partial charge in [-0.15, -0.1) is 0 Å². The predicted octanol–water partition coefficient (Wildman–Crippen LogP) is 8.22. The molecule has 0 saturated heterocycles. The van der Waals surface area contributed by atoms with Crippen LogP contribution in [0.5, 0.6) is 11.5 Å². The lowest BCUT2D eigenvalue weighted by Crippen LogP contribution is -2.31. The number of hydrogen-bond donors (Lipinski definition) is 0. The molecule has 0 aliphatic heterocycles. The summed E-state index contributed by atoms with van der Waals surface area (Å²) >= 11 is 0. The van der Waals surface area contributed by atoms with Gasteiger partial charge in [0.1, 0.15) is 21.3 Å². The Morgan fingerprint density at radius 2 is 0.723 bits per heavy atom. The highest BCUT2D eigenvalue weighted by atomic mass is 32.2. The van der Waals surface area contributed by atoms with Crippen LogP contribution in [0.25, 0.3) is 0 Å². The molecular formula is C39H32O6S2. The Kier molecular flexibility index (Phi) is 8.73. The molecule has 236 valence electrons. The molecule has 0 atom stereocenters. The van der Waals surface area contributed by atoms with Gasteiger partial charge in [0.05, 0.1) is 5.41 Å². The molecule has 47 heavy (non-hydrogen) atoms. The maximum Gasteiger partial charge on any atom is 0.339 e. The Labute approximate surface area is 276 Å².